The normalized spacial score (nSPS) is 33.9. The molecule has 2 N–H and O–H groups in total. The molecule has 1 aliphatic heterocycles. The van der Waals surface area contributed by atoms with Gasteiger partial charge in [-0.3, -0.25) is 4.79 Å². The fraction of sp³-hybridized carbons (Fsp3) is 0.917. The first-order valence-electron chi connectivity index (χ1n) is 6.07. The molecule has 2 aliphatic rings. The molecular weight excluding hydrogens is 188 g/mol. The molecule has 2 rings (SSSR count). The molecule has 2 fully saturated rings. The SMILES string of the molecule is CC1CN(C(=O)CC2(N)CCC2)CC1C. The van der Waals surface area contributed by atoms with E-state index in [0.29, 0.717) is 18.3 Å². The van der Waals surface area contributed by atoms with Crippen molar-refractivity contribution in [1.29, 1.82) is 0 Å². The van der Waals surface area contributed by atoms with Crippen LogP contribution >= 0.6 is 0 Å². The highest BCUT2D eigenvalue weighted by Crippen LogP contribution is 2.33. The number of likely N-dealkylation sites (tertiary alicyclic amines) is 1. The number of hydrogen-bond acceptors (Lipinski definition) is 2. The second kappa shape index (κ2) is 3.78. The number of carbonyl (C=O) groups is 1. The fourth-order valence-corrected chi connectivity index (χ4v) is 2.55. The Morgan fingerprint density at radius 1 is 1.33 bits per heavy atom. The van der Waals surface area contributed by atoms with Gasteiger partial charge in [-0.2, -0.15) is 0 Å². The minimum absolute atomic E-state index is 0.161. The zero-order valence-electron chi connectivity index (χ0n) is 9.83. The van der Waals surface area contributed by atoms with Crippen LogP contribution in [0.25, 0.3) is 0 Å². The van der Waals surface area contributed by atoms with E-state index in [-0.39, 0.29) is 11.4 Å². The van der Waals surface area contributed by atoms with Crippen molar-refractivity contribution < 1.29 is 4.79 Å². The Kier molecular flexibility index (Phi) is 2.75. The van der Waals surface area contributed by atoms with Crippen LogP contribution in [0.4, 0.5) is 0 Å². The molecule has 1 saturated heterocycles. The van der Waals surface area contributed by atoms with Gasteiger partial charge < -0.3 is 10.6 Å². The molecule has 2 atom stereocenters. The average molecular weight is 210 g/mol. The van der Waals surface area contributed by atoms with Gasteiger partial charge in [0.15, 0.2) is 0 Å². The minimum atomic E-state index is -0.161. The summed E-state index contributed by atoms with van der Waals surface area (Å²) in [5.41, 5.74) is 5.93. The van der Waals surface area contributed by atoms with Gasteiger partial charge in [0.05, 0.1) is 0 Å². The summed E-state index contributed by atoms with van der Waals surface area (Å²) in [4.78, 5) is 14.0. The summed E-state index contributed by atoms with van der Waals surface area (Å²) in [6.07, 6.45) is 3.80. The lowest BCUT2D eigenvalue weighted by atomic mass is 9.75. The van der Waals surface area contributed by atoms with Crippen LogP contribution in [0.5, 0.6) is 0 Å². The van der Waals surface area contributed by atoms with Crippen LogP contribution in [0.2, 0.25) is 0 Å². The van der Waals surface area contributed by atoms with Gasteiger partial charge in [0.1, 0.15) is 0 Å². The van der Waals surface area contributed by atoms with Crippen LogP contribution in [-0.4, -0.2) is 29.4 Å². The molecule has 0 bridgehead atoms. The number of carbonyl (C=O) groups excluding carboxylic acids is 1. The van der Waals surface area contributed by atoms with Crippen molar-refractivity contribution in [3.63, 3.8) is 0 Å². The molecule has 0 aromatic carbocycles. The van der Waals surface area contributed by atoms with Crippen molar-refractivity contribution in [3.05, 3.63) is 0 Å². The lowest BCUT2D eigenvalue weighted by molar-refractivity contribution is -0.132. The summed E-state index contributed by atoms with van der Waals surface area (Å²) >= 11 is 0. The van der Waals surface area contributed by atoms with Crippen LogP contribution < -0.4 is 5.73 Å². The third-order valence-electron chi connectivity index (χ3n) is 4.19. The first kappa shape index (κ1) is 10.9. The monoisotopic (exact) mass is 210 g/mol. The number of hydrogen-bond donors (Lipinski definition) is 1. The Balaban J connectivity index is 1.86. The maximum atomic E-state index is 12.0. The Bertz CT molecular complexity index is 250. The van der Waals surface area contributed by atoms with Gasteiger partial charge in [0.2, 0.25) is 5.91 Å². The Hall–Kier alpha value is -0.570. The van der Waals surface area contributed by atoms with E-state index < -0.39 is 0 Å². The van der Waals surface area contributed by atoms with E-state index >= 15 is 0 Å². The highest BCUT2D eigenvalue weighted by atomic mass is 16.2. The predicted molar refractivity (Wildman–Crippen MR) is 60.3 cm³/mol. The Morgan fingerprint density at radius 2 is 1.87 bits per heavy atom. The zero-order valence-corrected chi connectivity index (χ0v) is 9.83. The molecule has 0 spiro atoms. The summed E-state index contributed by atoms with van der Waals surface area (Å²) in [5.74, 6) is 1.56. The van der Waals surface area contributed by atoms with Gasteiger partial charge >= 0.3 is 0 Å². The third-order valence-corrected chi connectivity index (χ3v) is 4.19. The number of rotatable bonds is 2. The maximum absolute atomic E-state index is 12.0. The maximum Gasteiger partial charge on any atom is 0.224 e. The lowest BCUT2D eigenvalue weighted by Gasteiger charge is -2.38. The molecule has 0 aromatic rings. The standard InChI is InChI=1S/C12H22N2O/c1-9-7-14(8-10(9)2)11(15)6-12(13)4-3-5-12/h9-10H,3-8,13H2,1-2H3. The summed E-state index contributed by atoms with van der Waals surface area (Å²) < 4.78 is 0. The van der Waals surface area contributed by atoms with E-state index in [1.54, 1.807) is 0 Å². The molecule has 1 heterocycles. The van der Waals surface area contributed by atoms with Gasteiger partial charge in [-0.05, 0) is 31.1 Å². The third kappa shape index (κ3) is 2.17. The van der Waals surface area contributed by atoms with Crippen LogP contribution in [0.15, 0.2) is 0 Å². The van der Waals surface area contributed by atoms with Crippen molar-refractivity contribution in [2.75, 3.05) is 13.1 Å². The molecule has 86 valence electrons. The molecule has 3 nitrogen and oxygen atoms in total. The summed E-state index contributed by atoms with van der Waals surface area (Å²) in [6.45, 7) is 6.30. The van der Waals surface area contributed by atoms with Crippen molar-refractivity contribution in [3.8, 4) is 0 Å². The van der Waals surface area contributed by atoms with Crippen LogP contribution in [0, 0.1) is 11.8 Å². The average Bonchev–Trinajstić information content (AvgIpc) is 2.44. The van der Waals surface area contributed by atoms with Gasteiger partial charge in [-0.15, -0.1) is 0 Å². The molecular formula is C12H22N2O. The Labute approximate surface area is 92.0 Å². The zero-order chi connectivity index (χ0) is 11.1. The highest BCUT2D eigenvalue weighted by Gasteiger charge is 2.38. The fourth-order valence-electron chi connectivity index (χ4n) is 2.55. The number of amides is 1. The van der Waals surface area contributed by atoms with Crippen LogP contribution in [0.1, 0.15) is 39.5 Å². The van der Waals surface area contributed by atoms with Crippen molar-refractivity contribution >= 4 is 5.91 Å². The predicted octanol–water partition coefficient (Wildman–Crippen LogP) is 1.37. The molecule has 0 radical (unpaired) electrons. The number of nitrogens with zero attached hydrogens (tertiary/aromatic N) is 1. The lowest BCUT2D eigenvalue weighted by Crippen LogP contribution is -2.50. The van der Waals surface area contributed by atoms with Gasteiger partial charge in [-0.1, -0.05) is 13.8 Å². The molecule has 2 unspecified atom stereocenters. The molecule has 1 amide bonds. The van der Waals surface area contributed by atoms with Crippen molar-refractivity contribution in [1.82, 2.24) is 4.90 Å². The highest BCUT2D eigenvalue weighted by molar-refractivity contribution is 5.78. The second-order valence-electron chi connectivity index (χ2n) is 5.65. The minimum Gasteiger partial charge on any atom is -0.342 e. The largest absolute Gasteiger partial charge is 0.342 e. The molecule has 1 saturated carbocycles. The summed E-state index contributed by atoms with van der Waals surface area (Å²) in [5, 5.41) is 0. The van der Waals surface area contributed by atoms with Crippen LogP contribution in [0.3, 0.4) is 0 Å². The summed E-state index contributed by atoms with van der Waals surface area (Å²) in [6, 6.07) is 0. The first-order chi connectivity index (χ1) is 7.00. The first-order valence-corrected chi connectivity index (χ1v) is 6.07. The van der Waals surface area contributed by atoms with E-state index in [0.717, 1.165) is 25.9 Å². The molecule has 3 heteroatoms. The molecule has 0 aromatic heterocycles. The van der Waals surface area contributed by atoms with Gasteiger partial charge in [-0.25, -0.2) is 0 Å². The molecule has 1 aliphatic carbocycles. The molecule has 15 heavy (non-hydrogen) atoms. The quantitative estimate of drug-likeness (QED) is 0.748. The second-order valence-corrected chi connectivity index (χ2v) is 5.65. The topological polar surface area (TPSA) is 46.3 Å². The van der Waals surface area contributed by atoms with Gasteiger partial charge in [0, 0.05) is 25.0 Å². The number of nitrogens with two attached hydrogens (primary N) is 1. The van der Waals surface area contributed by atoms with E-state index in [2.05, 4.69) is 13.8 Å². The van der Waals surface area contributed by atoms with Crippen molar-refractivity contribution in [2.24, 2.45) is 17.6 Å². The van der Waals surface area contributed by atoms with E-state index in [1.807, 2.05) is 4.90 Å². The van der Waals surface area contributed by atoms with Gasteiger partial charge in [0.25, 0.3) is 0 Å². The summed E-state index contributed by atoms with van der Waals surface area (Å²) in [7, 11) is 0. The van der Waals surface area contributed by atoms with Crippen molar-refractivity contribution in [2.45, 2.75) is 45.1 Å². The van der Waals surface area contributed by atoms with E-state index in [4.69, 9.17) is 5.73 Å². The van der Waals surface area contributed by atoms with E-state index in [1.165, 1.54) is 6.42 Å². The Morgan fingerprint density at radius 3 is 2.27 bits per heavy atom. The smallest absolute Gasteiger partial charge is 0.224 e. The van der Waals surface area contributed by atoms with E-state index in [9.17, 15) is 4.79 Å². The van der Waals surface area contributed by atoms with Crippen LogP contribution in [-0.2, 0) is 4.79 Å².